The van der Waals surface area contributed by atoms with Gasteiger partial charge in [-0.1, -0.05) is 13.0 Å². The Bertz CT molecular complexity index is 963. The Labute approximate surface area is 163 Å². The van der Waals surface area contributed by atoms with E-state index in [0.717, 1.165) is 47.6 Å². The van der Waals surface area contributed by atoms with E-state index in [1.165, 1.54) is 6.42 Å². The first-order valence-electron chi connectivity index (χ1n) is 9.64. The molecule has 0 bridgehead atoms. The topological polar surface area (TPSA) is 63.4 Å². The molecular weight excluding hydrogens is 358 g/mol. The maximum absolute atomic E-state index is 13.0. The lowest BCUT2D eigenvalue weighted by Crippen LogP contribution is -2.44. The molecule has 27 heavy (non-hydrogen) atoms. The van der Waals surface area contributed by atoms with Gasteiger partial charge in [0, 0.05) is 29.5 Å². The standard InChI is InChI=1S/C20H25N5OS/c1-4-15-8-5-6-10-24(15)18(26)12-16-13(2)21-20-22-19(17-9-7-11-27-17)23-25(20)14(16)3/h7,9,11,15H,4-6,8,10,12H2,1-3H3/t15-/m1/s1. The zero-order valence-corrected chi connectivity index (χ0v) is 16.9. The van der Waals surface area contributed by atoms with Crippen LogP contribution in [-0.2, 0) is 11.2 Å². The van der Waals surface area contributed by atoms with Crippen molar-refractivity contribution in [1.29, 1.82) is 0 Å². The molecule has 0 unspecified atom stereocenters. The molecule has 1 saturated heterocycles. The Balaban J connectivity index is 1.66. The molecule has 0 radical (unpaired) electrons. The van der Waals surface area contributed by atoms with E-state index >= 15 is 0 Å². The first-order chi connectivity index (χ1) is 13.1. The lowest BCUT2D eigenvalue weighted by Gasteiger charge is -2.35. The number of rotatable bonds is 4. The Morgan fingerprint density at radius 1 is 1.30 bits per heavy atom. The van der Waals surface area contributed by atoms with E-state index in [-0.39, 0.29) is 5.91 Å². The summed E-state index contributed by atoms with van der Waals surface area (Å²) in [6, 6.07) is 4.37. The van der Waals surface area contributed by atoms with Crippen LogP contribution >= 0.6 is 11.3 Å². The fourth-order valence-corrected chi connectivity index (χ4v) is 4.63. The van der Waals surface area contributed by atoms with Crippen LogP contribution in [0.5, 0.6) is 0 Å². The molecule has 1 aliphatic heterocycles. The molecule has 7 heteroatoms. The molecule has 3 aromatic rings. The summed E-state index contributed by atoms with van der Waals surface area (Å²) in [7, 11) is 0. The van der Waals surface area contributed by atoms with Gasteiger partial charge in [-0.05, 0) is 51.0 Å². The van der Waals surface area contributed by atoms with Crippen molar-refractivity contribution in [3.8, 4) is 10.7 Å². The number of carbonyl (C=O) groups is 1. The van der Waals surface area contributed by atoms with Crippen molar-refractivity contribution in [3.05, 3.63) is 34.5 Å². The molecule has 1 aliphatic rings. The van der Waals surface area contributed by atoms with Crippen molar-refractivity contribution in [1.82, 2.24) is 24.5 Å². The van der Waals surface area contributed by atoms with E-state index < -0.39 is 0 Å². The zero-order valence-electron chi connectivity index (χ0n) is 16.1. The zero-order chi connectivity index (χ0) is 19.0. The second-order valence-corrected chi connectivity index (χ2v) is 8.16. The molecule has 6 nitrogen and oxygen atoms in total. The molecule has 0 spiro atoms. The lowest BCUT2D eigenvalue weighted by atomic mass is 9.98. The summed E-state index contributed by atoms with van der Waals surface area (Å²) in [5.74, 6) is 1.48. The van der Waals surface area contributed by atoms with Crippen molar-refractivity contribution in [2.45, 2.75) is 58.9 Å². The maximum Gasteiger partial charge on any atom is 0.253 e. The molecule has 3 aromatic heterocycles. The van der Waals surface area contributed by atoms with Gasteiger partial charge in [0.1, 0.15) is 0 Å². The molecular formula is C20H25N5OS. The van der Waals surface area contributed by atoms with E-state index in [2.05, 4.69) is 26.9 Å². The first kappa shape index (κ1) is 18.1. The summed E-state index contributed by atoms with van der Waals surface area (Å²) in [5.41, 5.74) is 2.78. The van der Waals surface area contributed by atoms with E-state index in [4.69, 9.17) is 0 Å². The number of likely N-dealkylation sites (tertiary alicyclic amines) is 1. The Hall–Kier alpha value is -2.28. The molecule has 142 valence electrons. The number of thiophene rings is 1. The smallest absolute Gasteiger partial charge is 0.253 e. The van der Waals surface area contributed by atoms with E-state index in [9.17, 15) is 4.79 Å². The van der Waals surface area contributed by atoms with Crippen molar-refractivity contribution in [2.75, 3.05) is 6.54 Å². The summed E-state index contributed by atoms with van der Waals surface area (Å²) in [6.07, 6.45) is 4.84. The molecule has 1 amide bonds. The van der Waals surface area contributed by atoms with Gasteiger partial charge in [0.2, 0.25) is 5.91 Å². The maximum atomic E-state index is 13.0. The summed E-state index contributed by atoms with van der Waals surface area (Å²) in [4.78, 5) is 25.3. The van der Waals surface area contributed by atoms with Crippen molar-refractivity contribution in [3.63, 3.8) is 0 Å². The Morgan fingerprint density at radius 2 is 2.15 bits per heavy atom. The van der Waals surface area contributed by atoms with Gasteiger partial charge >= 0.3 is 0 Å². The minimum atomic E-state index is 0.201. The fourth-order valence-electron chi connectivity index (χ4n) is 3.98. The van der Waals surface area contributed by atoms with Crippen LogP contribution in [0.15, 0.2) is 17.5 Å². The Morgan fingerprint density at radius 3 is 2.89 bits per heavy atom. The van der Waals surface area contributed by atoms with Crippen molar-refractivity contribution in [2.24, 2.45) is 0 Å². The van der Waals surface area contributed by atoms with Gasteiger partial charge in [-0.15, -0.1) is 16.4 Å². The number of hydrogen-bond donors (Lipinski definition) is 0. The summed E-state index contributed by atoms with van der Waals surface area (Å²) < 4.78 is 1.78. The van der Waals surface area contributed by atoms with E-state index in [1.807, 2.05) is 31.4 Å². The highest BCUT2D eigenvalue weighted by Gasteiger charge is 2.26. The van der Waals surface area contributed by atoms with Gasteiger partial charge in [-0.2, -0.15) is 4.98 Å². The van der Waals surface area contributed by atoms with Gasteiger partial charge in [0.15, 0.2) is 5.82 Å². The normalized spacial score (nSPS) is 17.6. The number of aromatic nitrogens is 4. The average Bonchev–Trinajstić information content (AvgIpc) is 3.34. The van der Waals surface area contributed by atoms with Gasteiger partial charge in [-0.25, -0.2) is 9.50 Å². The number of hydrogen-bond acceptors (Lipinski definition) is 5. The lowest BCUT2D eigenvalue weighted by molar-refractivity contribution is -0.134. The molecule has 4 rings (SSSR count). The highest BCUT2D eigenvalue weighted by atomic mass is 32.1. The highest BCUT2D eigenvalue weighted by molar-refractivity contribution is 7.13. The van der Waals surface area contributed by atoms with Crippen LogP contribution in [0.1, 0.15) is 49.6 Å². The van der Waals surface area contributed by atoms with Gasteiger partial charge in [-0.3, -0.25) is 4.79 Å². The average molecular weight is 384 g/mol. The molecule has 0 aliphatic carbocycles. The fraction of sp³-hybridized carbons (Fsp3) is 0.500. The number of nitrogens with zero attached hydrogens (tertiary/aromatic N) is 5. The number of piperidine rings is 1. The number of carbonyl (C=O) groups excluding carboxylic acids is 1. The summed E-state index contributed by atoms with van der Waals surface area (Å²) in [6.45, 7) is 7.01. The van der Waals surface area contributed by atoms with Crippen molar-refractivity contribution >= 4 is 23.0 Å². The van der Waals surface area contributed by atoms with E-state index in [0.29, 0.717) is 24.1 Å². The van der Waals surface area contributed by atoms with Crippen LogP contribution in [0, 0.1) is 13.8 Å². The minimum absolute atomic E-state index is 0.201. The molecule has 0 aromatic carbocycles. The molecule has 1 fully saturated rings. The summed E-state index contributed by atoms with van der Waals surface area (Å²) in [5, 5.41) is 6.65. The van der Waals surface area contributed by atoms with Crippen LogP contribution in [-0.4, -0.2) is 43.0 Å². The second-order valence-electron chi connectivity index (χ2n) is 7.21. The number of aryl methyl sites for hydroxylation is 2. The van der Waals surface area contributed by atoms with Gasteiger partial charge in [0.25, 0.3) is 5.78 Å². The second kappa shape index (κ2) is 7.38. The van der Waals surface area contributed by atoms with Crippen molar-refractivity contribution < 1.29 is 4.79 Å². The van der Waals surface area contributed by atoms with Crippen LogP contribution < -0.4 is 0 Å². The van der Waals surface area contributed by atoms with Gasteiger partial charge in [0.05, 0.1) is 11.3 Å². The highest BCUT2D eigenvalue weighted by Crippen LogP contribution is 2.24. The number of amides is 1. The number of fused-ring (bicyclic) bond motifs is 1. The third-order valence-electron chi connectivity index (χ3n) is 5.54. The minimum Gasteiger partial charge on any atom is -0.339 e. The summed E-state index contributed by atoms with van der Waals surface area (Å²) >= 11 is 1.61. The largest absolute Gasteiger partial charge is 0.339 e. The molecule has 0 saturated carbocycles. The Kier molecular flexibility index (Phi) is 4.95. The quantitative estimate of drug-likeness (QED) is 0.687. The molecule has 4 heterocycles. The van der Waals surface area contributed by atoms with Gasteiger partial charge < -0.3 is 4.90 Å². The predicted octanol–water partition coefficient (Wildman–Crippen LogP) is 3.80. The van der Waals surface area contributed by atoms with Crippen LogP contribution in [0.25, 0.3) is 16.5 Å². The van der Waals surface area contributed by atoms with Crippen LogP contribution in [0.3, 0.4) is 0 Å². The third kappa shape index (κ3) is 3.36. The van der Waals surface area contributed by atoms with Crippen LogP contribution in [0.2, 0.25) is 0 Å². The first-order valence-corrected chi connectivity index (χ1v) is 10.5. The third-order valence-corrected chi connectivity index (χ3v) is 6.40. The monoisotopic (exact) mass is 383 g/mol. The molecule has 1 atom stereocenters. The molecule has 0 N–H and O–H groups in total. The van der Waals surface area contributed by atoms with Crippen LogP contribution in [0.4, 0.5) is 0 Å². The SMILES string of the molecule is CC[C@@H]1CCCCN1C(=O)Cc1c(C)nc2nc(-c3cccs3)nn2c1C. The predicted molar refractivity (Wildman–Crippen MR) is 107 cm³/mol. The van der Waals surface area contributed by atoms with E-state index in [1.54, 1.807) is 15.9 Å².